The molecule has 1 N–H and O–H groups in total. The molecule has 0 saturated heterocycles. The van der Waals surface area contributed by atoms with Gasteiger partial charge in [0, 0.05) is 12.1 Å². The van der Waals surface area contributed by atoms with Crippen LogP contribution < -0.4 is 5.32 Å². The number of hydrogen-bond donors (Lipinski definition) is 1. The van der Waals surface area contributed by atoms with Crippen molar-refractivity contribution in [1.29, 1.82) is 0 Å². The van der Waals surface area contributed by atoms with Gasteiger partial charge in [-0.15, -0.1) is 16.8 Å². The van der Waals surface area contributed by atoms with Crippen LogP contribution in [0.2, 0.25) is 5.02 Å². The second-order valence-electron chi connectivity index (χ2n) is 5.74. The van der Waals surface area contributed by atoms with Gasteiger partial charge in [0.05, 0.1) is 17.3 Å². The lowest BCUT2D eigenvalue weighted by Crippen LogP contribution is -2.25. The van der Waals surface area contributed by atoms with Gasteiger partial charge in [0.15, 0.2) is 11.0 Å². The van der Waals surface area contributed by atoms with Crippen LogP contribution in [0.25, 0.3) is 11.4 Å². The minimum absolute atomic E-state index is 0.0755. The van der Waals surface area contributed by atoms with Gasteiger partial charge in [-0.05, 0) is 17.7 Å². The Bertz CT molecular complexity index is 927. The molecule has 0 aliphatic heterocycles. The van der Waals surface area contributed by atoms with E-state index in [4.69, 9.17) is 11.6 Å². The average molecular weight is 399 g/mol. The Kier molecular flexibility index (Phi) is 6.68. The highest BCUT2D eigenvalue weighted by molar-refractivity contribution is 7.99. The first kappa shape index (κ1) is 19.2. The van der Waals surface area contributed by atoms with Gasteiger partial charge in [0.2, 0.25) is 5.91 Å². The molecule has 0 saturated carbocycles. The van der Waals surface area contributed by atoms with Gasteiger partial charge in [-0.2, -0.15) is 0 Å². The monoisotopic (exact) mass is 398 g/mol. The van der Waals surface area contributed by atoms with E-state index in [1.54, 1.807) is 6.08 Å². The number of rotatable bonds is 8. The molecule has 3 aromatic rings. The minimum atomic E-state index is -0.0755. The molecule has 7 heteroatoms. The van der Waals surface area contributed by atoms with Gasteiger partial charge >= 0.3 is 0 Å². The van der Waals surface area contributed by atoms with Gasteiger partial charge in [0.25, 0.3) is 0 Å². The smallest absolute Gasteiger partial charge is 0.230 e. The molecule has 0 spiro atoms. The maximum atomic E-state index is 11.9. The van der Waals surface area contributed by atoms with Crippen molar-refractivity contribution in [2.24, 2.45) is 0 Å². The summed E-state index contributed by atoms with van der Waals surface area (Å²) < 4.78 is 1.99. The Morgan fingerprint density at radius 3 is 2.63 bits per heavy atom. The molecule has 0 unspecified atom stereocenters. The SMILES string of the molecule is C=CCNC(=O)CSc1nnc(-c2ccccc2Cl)n1Cc1ccccc1. The molecule has 0 bridgehead atoms. The fourth-order valence-corrected chi connectivity index (χ4v) is 3.50. The summed E-state index contributed by atoms with van der Waals surface area (Å²) in [5.74, 6) is 0.857. The number of carbonyl (C=O) groups is 1. The van der Waals surface area contributed by atoms with E-state index >= 15 is 0 Å². The molecule has 5 nitrogen and oxygen atoms in total. The lowest BCUT2D eigenvalue weighted by molar-refractivity contribution is -0.118. The summed E-state index contributed by atoms with van der Waals surface area (Å²) in [5, 5.41) is 12.7. The van der Waals surface area contributed by atoms with E-state index in [9.17, 15) is 4.79 Å². The molecule has 0 aliphatic carbocycles. The predicted octanol–water partition coefficient (Wildman–Crippen LogP) is 4.04. The lowest BCUT2D eigenvalue weighted by atomic mass is 10.2. The van der Waals surface area contributed by atoms with Crippen LogP contribution in [-0.4, -0.2) is 33.0 Å². The molecule has 138 valence electrons. The van der Waals surface area contributed by atoms with Crippen molar-refractivity contribution in [2.75, 3.05) is 12.3 Å². The number of benzene rings is 2. The van der Waals surface area contributed by atoms with Crippen molar-refractivity contribution in [3.8, 4) is 11.4 Å². The zero-order valence-electron chi connectivity index (χ0n) is 14.6. The quantitative estimate of drug-likeness (QED) is 0.459. The zero-order chi connectivity index (χ0) is 19.1. The Hall–Kier alpha value is -2.57. The van der Waals surface area contributed by atoms with Gasteiger partial charge in [0.1, 0.15) is 0 Å². The first-order valence-corrected chi connectivity index (χ1v) is 9.78. The topological polar surface area (TPSA) is 59.8 Å². The average Bonchev–Trinajstić information content (AvgIpc) is 3.08. The van der Waals surface area contributed by atoms with Crippen molar-refractivity contribution in [1.82, 2.24) is 20.1 Å². The van der Waals surface area contributed by atoms with Crippen molar-refractivity contribution < 1.29 is 4.79 Å². The third kappa shape index (κ3) is 4.99. The third-order valence-electron chi connectivity index (χ3n) is 3.79. The standard InChI is InChI=1S/C20H19ClN4OS/c1-2-12-22-18(26)14-27-20-24-23-19(16-10-6-7-11-17(16)21)25(20)13-15-8-4-3-5-9-15/h2-11H,1,12-14H2,(H,22,26). The molecule has 1 amide bonds. The number of thioether (sulfide) groups is 1. The van der Waals surface area contributed by atoms with Crippen LogP contribution in [0.5, 0.6) is 0 Å². The molecule has 2 aromatic carbocycles. The van der Waals surface area contributed by atoms with Crippen LogP contribution in [0.1, 0.15) is 5.56 Å². The molecule has 27 heavy (non-hydrogen) atoms. The molecule has 0 radical (unpaired) electrons. The maximum absolute atomic E-state index is 11.9. The Balaban J connectivity index is 1.90. The van der Waals surface area contributed by atoms with E-state index in [-0.39, 0.29) is 11.7 Å². The molecule has 1 heterocycles. The summed E-state index contributed by atoms with van der Waals surface area (Å²) >= 11 is 7.71. The number of aromatic nitrogens is 3. The van der Waals surface area contributed by atoms with Gasteiger partial charge < -0.3 is 5.32 Å². The van der Waals surface area contributed by atoms with Crippen LogP contribution in [0.3, 0.4) is 0 Å². The molecule has 0 fully saturated rings. The molecule has 3 rings (SSSR count). The summed E-state index contributed by atoms with van der Waals surface area (Å²) in [6.07, 6.45) is 1.65. The second-order valence-corrected chi connectivity index (χ2v) is 7.09. The van der Waals surface area contributed by atoms with E-state index in [1.165, 1.54) is 11.8 Å². The molecule has 0 aliphatic rings. The Morgan fingerprint density at radius 1 is 1.15 bits per heavy atom. The fraction of sp³-hybridized carbons (Fsp3) is 0.150. The maximum Gasteiger partial charge on any atom is 0.230 e. The van der Waals surface area contributed by atoms with E-state index in [2.05, 4.69) is 22.1 Å². The highest BCUT2D eigenvalue weighted by Gasteiger charge is 2.17. The number of amides is 1. The number of carbonyl (C=O) groups excluding carboxylic acids is 1. The summed E-state index contributed by atoms with van der Waals surface area (Å²) in [6.45, 7) is 4.63. The Labute approximate surface area is 167 Å². The number of halogens is 1. The van der Waals surface area contributed by atoms with Crippen LogP contribution in [0, 0.1) is 0 Å². The van der Waals surface area contributed by atoms with Crippen molar-refractivity contribution in [2.45, 2.75) is 11.7 Å². The van der Waals surface area contributed by atoms with Gasteiger partial charge in [-0.25, -0.2) is 0 Å². The van der Waals surface area contributed by atoms with Crippen LogP contribution in [0.4, 0.5) is 0 Å². The van der Waals surface area contributed by atoms with Gasteiger partial charge in [-0.3, -0.25) is 9.36 Å². The summed E-state index contributed by atoms with van der Waals surface area (Å²) in [4.78, 5) is 11.9. The van der Waals surface area contributed by atoms with Crippen LogP contribution in [-0.2, 0) is 11.3 Å². The fourth-order valence-electron chi connectivity index (χ4n) is 2.51. The molecular formula is C20H19ClN4OS. The summed E-state index contributed by atoms with van der Waals surface area (Å²) in [7, 11) is 0. The predicted molar refractivity (Wildman–Crippen MR) is 110 cm³/mol. The first-order chi connectivity index (χ1) is 13.2. The Morgan fingerprint density at radius 2 is 1.89 bits per heavy atom. The molecule has 0 atom stereocenters. The van der Waals surface area contributed by atoms with E-state index in [0.717, 1.165) is 11.1 Å². The second kappa shape index (κ2) is 9.39. The van der Waals surface area contributed by atoms with E-state index < -0.39 is 0 Å². The van der Waals surface area contributed by atoms with Crippen molar-refractivity contribution >= 4 is 29.3 Å². The van der Waals surface area contributed by atoms with Crippen LogP contribution in [0.15, 0.2) is 72.4 Å². The first-order valence-electron chi connectivity index (χ1n) is 8.41. The zero-order valence-corrected chi connectivity index (χ0v) is 16.2. The third-order valence-corrected chi connectivity index (χ3v) is 5.09. The highest BCUT2D eigenvalue weighted by Crippen LogP contribution is 2.29. The number of nitrogens with one attached hydrogen (secondary N) is 1. The van der Waals surface area contributed by atoms with Crippen molar-refractivity contribution in [3.05, 3.63) is 77.8 Å². The van der Waals surface area contributed by atoms with E-state index in [0.29, 0.717) is 29.1 Å². The number of hydrogen-bond acceptors (Lipinski definition) is 4. The summed E-state index contributed by atoms with van der Waals surface area (Å²) in [5.41, 5.74) is 1.93. The molecule has 1 aromatic heterocycles. The highest BCUT2D eigenvalue weighted by atomic mass is 35.5. The largest absolute Gasteiger partial charge is 0.352 e. The van der Waals surface area contributed by atoms with Gasteiger partial charge in [-0.1, -0.05) is 71.9 Å². The lowest BCUT2D eigenvalue weighted by Gasteiger charge is -2.11. The van der Waals surface area contributed by atoms with Crippen molar-refractivity contribution in [3.63, 3.8) is 0 Å². The minimum Gasteiger partial charge on any atom is -0.352 e. The van der Waals surface area contributed by atoms with Crippen LogP contribution >= 0.6 is 23.4 Å². The van der Waals surface area contributed by atoms with E-state index in [1.807, 2.05) is 59.2 Å². The normalized spacial score (nSPS) is 10.6. The summed E-state index contributed by atoms with van der Waals surface area (Å²) in [6, 6.07) is 17.6. The number of nitrogens with zero attached hydrogens (tertiary/aromatic N) is 3. The molecular weight excluding hydrogens is 380 g/mol.